The van der Waals surface area contributed by atoms with Gasteiger partial charge in [0.15, 0.2) is 0 Å². The molecule has 0 amide bonds. The Labute approximate surface area is 124 Å². The number of pyridine rings is 1. The second kappa shape index (κ2) is 6.14. The molecule has 3 rings (SSSR count). The van der Waals surface area contributed by atoms with Crippen LogP contribution in [-0.4, -0.2) is 24.2 Å². The average molecular weight is 289 g/mol. The van der Waals surface area contributed by atoms with E-state index in [0.29, 0.717) is 5.02 Å². The molecule has 2 heterocycles. The molecule has 0 unspecified atom stereocenters. The van der Waals surface area contributed by atoms with E-state index in [1.807, 2.05) is 42.6 Å². The van der Waals surface area contributed by atoms with Crippen molar-refractivity contribution in [2.45, 2.75) is 18.9 Å². The van der Waals surface area contributed by atoms with Gasteiger partial charge in [0.2, 0.25) is 0 Å². The van der Waals surface area contributed by atoms with Crippen LogP contribution < -0.4 is 9.64 Å². The van der Waals surface area contributed by atoms with Crippen molar-refractivity contribution in [2.24, 2.45) is 0 Å². The molecular weight excluding hydrogens is 272 g/mol. The molecule has 1 aromatic carbocycles. The van der Waals surface area contributed by atoms with Gasteiger partial charge in [-0.05, 0) is 24.3 Å². The zero-order valence-corrected chi connectivity index (χ0v) is 12.0. The van der Waals surface area contributed by atoms with E-state index in [2.05, 4.69) is 16.0 Å². The SMILES string of the molecule is Clc1ccccc1OC1CCN(c2ccccn2)CC1. The Bertz CT molecular complexity index is 553. The van der Waals surface area contributed by atoms with Crippen molar-refractivity contribution in [3.63, 3.8) is 0 Å². The fraction of sp³-hybridized carbons (Fsp3) is 0.312. The zero-order valence-electron chi connectivity index (χ0n) is 11.2. The minimum atomic E-state index is 0.231. The number of aromatic nitrogens is 1. The minimum Gasteiger partial charge on any atom is -0.489 e. The van der Waals surface area contributed by atoms with Gasteiger partial charge in [-0.1, -0.05) is 29.8 Å². The molecule has 1 aromatic heterocycles. The smallest absolute Gasteiger partial charge is 0.138 e. The third kappa shape index (κ3) is 3.05. The molecule has 0 atom stereocenters. The lowest BCUT2D eigenvalue weighted by atomic mass is 10.1. The molecule has 0 aliphatic carbocycles. The number of para-hydroxylation sites is 1. The predicted molar refractivity (Wildman–Crippen MR) is 81.6 cm³/mol. The Morgan fingerprint density at radius 1 is 1.05 bits per heavy atom. The van der Waals surface area contributed by atoms with Crippen LogP contribution in [0.15, 0.2) is 48.7 Å². The first-order valence-electron chi connectivity index (χ1n) is 6.90. The average Bonchev–Trinajstić information content (AvgIpc) is 2.51. The molecule has 2 aromatic rings. The van der Waals surface area contributed by atoms with Gasteiger partial charge in [-0.3, -0.25) is 0 Å². The third-order valence-electron chi connectivity index (χ3n) is 3.55. The number of piperidine rings is 1. The lowest BCUT2D eigenvalue weighted by molar-refractivity contribution is 0.171. The van der Waals surface area contributed by atoms with Gasteiger partial charge in [-0.2, -0.15) is 0 Å². The van der Waals surface area contributed by atoms with Crippen LogP contribution in [0.3, 0.4) is 0 Å². The van der Waals surface area contributed by atoms with Crippen LogP contribution in [0.4, 0.5) is 5.82 Å². The van der Waals surface area contributed by atoms with Gasteiger partial charge in [0.25, 0.3) is 0 Å². The zero-order chi connectivity index (χ0) is 13.8. The number of ether oxygens (including phenoxy) is 1. The first-order valence-corrected chi connectivity index (χ1v) is 7.28. The number of benzene rings is 1. The molecule has 1 saturated heterocycles. The van der Waals surface area contributed by atoms with E-state index in [0.717, 1.165) is 37.5 Å². The summed E-state index contributed by atoms with van der Waals surface area (Å²) in [7, 11) is 0. The Balaban J connectivity index is 1.58. The maximum absolute atomic E-state index is 6.12. The molecule has 0 spiro atoms. The van der Waals surface area contributed by atoms with E-state index in [-0.39, 0.29) is 6.10 Å². The molecule has 3 nitrogen and oxygen atoms in total. The highest BCUT2D eigenvalue weighted by molar-refractivity contribution is 6.32. The molecular formula is C16H17ClN2O. The van der Waals surface area contributed by atoms with Gasteiger partial charge in [-0.25, -0.2) is 4.98 Å². The Morgan fingerprint density at radius 2 is 1.80 bits per heavy atom. The quantitative estimate of drug-likeness (QED) is 0.859. The predicted octanol–water partition coefficient (Wildman–Crippen LogP) is 3.78. The summed E-state index contributed by atoms with van der Waals surface area (Å²) in [5, 5.41) is 0.680. The van der Waals surface area contributed by atoms with E-state index in [4.69, 9.17) is 16.3 Å². The molecule has 4 heteroatoms. The van der Waals surface area contributed by atoms with Crippen molar-refractivity contribution in [3.05, 3.63) is 53.7 Å². The molecule has 1 fully saturated rings. The summed E-state index contributed by atoms with van der Waals surface area (Å²) < 4.78 is 5.99. The number of hydrogen-bond acceptors (Lipinski definition) is 3. The number of anilines is 1. The molecule has 104 valence electrons. The van der Waals surface area contributed by atoms with Crippen LogP contribution in [0, 0.1) is 0 Å². The second-order valence-electron chi connectivity index (χ2n) is 4.92. The van der Waals surface area contributed by atoms with Crippen LogP contribution >= 0.6 is 11.6 Å². The van der Waals surface area contributed by atoms with Crippen LogP contribution in [0.25, 0.3) is 0 Å². The summed E-state index contributed by atoms with van der Waals surface area (Å²) >= 11 is 6.12. The summed E-state index contributed by atoms with van der Waals surface area (Å²) in [6.07, 6.45) is 4.04. The van der Waals surface area contributed by atoms with Crippen LogP contribution in [0.2, 0.25) is 5.02 Å². The monoisotopic (exact) mass is 288 g/mol. The first-order chi connectivity index (χ1) is 9.83. The van der Waals surface area contributed by atoms with Gasteiger partial charge < -0.3 is 9.64 Å². The normalized spacial score (nSPS) is 16.1. The van der Waals surface area contributed by atoms with Crippen molar-refractivity contribution in [1.29, 1.82) is 0 Å². The molecule has 0 radical (unpaired) electrons. The molecule has 0 N–H and O–H groups in total. The van der Waals surface area contributed by atoms with Gasteiger partial charge in [-0.15, -0.1) is 0 Å². The van der Waals surface area contributed by atoms with Crippen LogP contribution in [0.5, 0.6) is 5.75 Å². The molecule has 20 heavy (non-hydrogen) atoms. The molecule has 0 bridgehead atoms. The highest BCUT2D eigenvalue weighted by atomic mass is 35.5. The van der Waals surface area contributed by atoms with Crippen LogP contribution in [-0.2, 0) is 0 Å². The fourth-order valence-corrected chi connectivity index (χ4v) is 2.64. The van der Waals surface area contributed by atoms with Gasteiger partial charge in [0.1, 0.15) is 17.7 Å². The van der Waals surface area contributed by atoms with Gasteiger partial charge in [0, 0.05) is 32.1 Å². The number of hydrogen-bond donors (Lipinski definition) is 0. The maximum Gasteiger partial charge on any atom is 0.138 e. The van der Waals surface area contributed by atoms with Crippen molar-refractivity contribution in [2.75, 3.05) is 18.0 Å². The number of nitrogens with zero attached hydrogens (tertiary/aromatic N) is 2. The van der Waals surface area contributed by atoms with Crippen molar-refractivity contribution < 1.29 is 4.74 Å². The molecule has 0 saturated carbocycles. The van der Waals surface area contributed by atoms with E-state index in [1.165, 1.54) is 0 Å². The van der Waals surface area contributed by atoms with E-state index >= 15 is 0 Å². The Morgan fingerprint density at radius 3 is 2.50 bits per heavy atom. The lowest BCUT2D eigenvalue weighted by Gasteiger charge is -2.33. The maximum atomic E-state index is 6.12. The van der Waals surface area contributed by atoms with Gasteiger partial charge >= 0.3 is 0 Å². The Kier molecular flexibility index (Phi) is 4.07. The Hall–Kier alpha value is -1.74. The number of rotatable bonds is 3. The molecule has 1 aliphatic heterocycles. The topological polar surface area (TPSA) is 25.4 Å². The van der Waals surface area contributed by atoms with Crippen molar-refractivity contribution >= 4 is 17.4 Å². The van der Waals surface area contributed by atoms with Crippen LogP contribution in [0.1, 0.15) is 12.8 Å². The molecule has 1 aliphatic rings. The van der Waals surface area contributed by atoms with E-state index in [1.54, 1.807) is 0 Å². The largest absolute Gasteiger partial charge is 0.489 e. The van der Waals surface area contributed by atoms with Crippen molar-refractivity contribution in [1.82, 2.24) is 4.98 Å². The summed E-state index contributed by atoms with van der Waals surface area (Å²) in [5.74, 6) is 1.83. The summed E-state index contributed by atoms with van der Waals surface area (Å²) in [4.78, 5) is 6.69. The second-order valence-corrected chi connectivity index (χ2v) is 5.33. The summed E-state index contributed by atoms with van der Waals surface area (Å²) in [6, 6.07) is 13.7. The minimum absolute atomic E-state index is 0.231. The van der Waals surface area contributed by atoms with E-state index < -0.39 is 0 Å². The summed E-state index contributed by atoms with van der Waals surface area (Å²) in [6.45, 7) is 1.93. The number of halogens is 1. The van der Waals surface area contributed by atoms with Crippen molar-refractivity contribution in [3.8, 4) is 5.75 Å². The first kappa shape index (κ1) is 13.3. The fourth-order valence-electron chi connectivity index (χ4n) is 2.46. The lowest BCUT2D eigenvalue weighted by Crippen LogP contribution is -2.38. The highest BCUT2D eigenvalue weighted by Gasteiger charge is 2.21. The standard InChI is InChI=1S/C16H17ClN2O/c17-14-5-1-2-6-15(14)20-13-8-11-19(12-9-13)16-7-3-4-10-18-16/h1-7,10,13H,8-9,11-12H2. The van der Waals surface area contributed by atoms with E-state index in [9.17, 15) is 0 Å². The summed E-state index contributed by atoms with van der Waals surface area (Å²) in [5.41, 5.74) is 0. The highest BCUT2D eigenvalue weighted by Crippen LogP contribution is 2.27. The third-order valence-corrected chi connectivity index (χ3v) is 3.86. The van der Waals surface area contributed by atoms with Gasteiger partial charge in [0.05, 0.1) is 5.02 Å².